The summed E-state index contributed by atoms with van der Waals surface area (Å²) in [5.74, 6) is 0.714. The van der Waals surface area contributed by atoms with Crippen LogP contribution in [-0.4, -0.2) is 60.1 Å². The molecule has 0 bridgehead atoms. The molecular formula is C17H30N4O. The number of aryl methyl sites for hydroxylation is 1. The lowest BCUT2D eigenvalue weighted by Crippen LogP contribution is -2.47. The Bertz CT molecular complexity index is 477. The fourth-order valence-corrected chi connectivity index (χ4v) is 2.55. The van der Waals surface area contributed by atoms with E-state index >= 15 is 0 Å². The summed E-state index contributed by atoms with van der Waals surface area (Å²) in [6, 6.07) is 4.75. The molecule has 0 aliphatic carbocycles. The summed E-state index contributed by atoms with van der Waals surface area (Å²) in [7, 11) is 3.54. The first kappa shape index (κ1) is 18.4. The quantitative estimate of drug-likeness (QED) is 0.811. The van der Waals surface area contributed by atoms with Crippen molar-refractivity contribution in [3.63, 3.8) is 0 Å². The van der Waals surface area contributed by atoms with Crippen LogP contribution in [0.4, 0.5) is 10.6 Å². The third-order valence-electron chi connectivity index (χ3n) is 3.70. The Hall–Kier alpha value is -1.62. The highest BCUT2D eigenvalue weighted by Crippen LogP contribution is 2.15. The van der Waals surface area contributed by atoms with Crippen molar-refractivity contribution in [1.29, 1.82) is 0 Å². The van der Waals surface area contributed by atoms with Crippen LogP contribution in [-0.2, 0) is 0 Å². The third kappa shape index (κ3) is 4.98. The minimum Gasteiger partial charge on any atom is -0.330 e. The van der Waals surface area contributed by atoms with E-state index in [0.717, 1.165) is 12.1 Å². The Labute approximate surface area is 134 Å². The SMILES string of the molecule is Cc1ccnc(N(CCN(C(C)C)C(C)C)C(=O)N(C)C)c1. The van der Waals surface area contributed by atoms with E-state index in [2.05, 4.69) is 37.6 Å². The number of amides is 2. The van der Waals surface area contributed by atoms with Gasteiger partial charge in [0.15, 0.2) is 0 Å². The Balaban J connectivity index is 2.95. The van der Waals surface area contributed by atoms with Gasteiger partial charge in [0.2, 0.25) is 0 Å². The third-order valence-corrected chi connectivity index (χ3v) is 3.70. The van der Waals surface area contributed by atoms with Crippen molar-refractivity contribution in [1.82, 2.24) is 14.8 Å². The van der Waals surface area contributed by atoms with Gasteiger partial charge in [-0.25, -0.2) is 9.78 Å². The summed E-state index contributed by atoms with van der Waals surface area (Å²) in [6.07, 6.45) is 1.75. The molecule has 1 aromatic heterocycles. The van der Waals surface area contributed by atoms with Gasteiger partial charge in [0.1, 0.15) is 5.82 Å². The molecule has 0 saturated heterocycles. The molecule has 5 nitrogen and oxygen atoms in total. The summed E-state index contributed by atoms with van der Waals surface area (Å²) in [4.78, 5) is 22.6. The van der Waals surface area contributed by atoms with Crippen molar-refractivity contribution in [2.75, 3.05) is 32.1 Å². The summed E-state index contributed by atoms with van der Waals surface area (Å²) < 4.78 is 0. The number of carbonyl (C=O) groups excluding carboxylic acids is 1. The zero-order chi connectivity index (χ0) is 16.9. The van der Waals surface area contributed by atoms with Gasteiger partial charge < -0.3 is 4.90 Å². The largest absolute Gasteiger partial charge is 0.330 e. The lowest BCUT2D eigenvalue weighted by molar-refractivity contribution is 0.177. The summed E-state index contributed by atoms with van der Waals surface area (Å²) in [5.41, 5.74) is 1.10. The molecule has 0 N–H and O–H groups in total. The number of anilines is 1. The zero-order valence-corrected chi connectivity index (χ0v) is 15.0. The maximum absolute atomic E-state index is 12.5. The van der Waals surface area contributed by atoms with Gasteiger partial charge in [0, 0.05) is 45.5 Å². The van der Waals surface area contributed by atoms with E-state index in [1.54, 1.807) is 30.1 Å². The van der Waals surface area contributed by atoms with Gasteiger partial charge in [-0.2, -0.15) is 0 Å². The van der Waals surface area contributed by atoms with E-state index in [9.17, 15) is 4.79 Å². The average molecular weight is 306 g/mol. The molecule has 0 aromatic carbocycles. The van der Waals surface area contributed by atoms with Crippen LogP contribution in [0.2, 0.25) is 0 Å². The van der Waals surface area contributed by atoms with Crippen LogP contribution >= 0.6 is 0 Å². The number of rotatable bonds is 6. The molecule has 1 aromatic rings. The molecule has 0 spiro atoms. The van der Waals surface area contributed by atoms with E-state index in [0.29, 0.717) is 24.4 Å². The molecular weight excluding hydrogens is 276 g/mol. The van der Waals surface area contributed by atoms with Crippen LogP contribution in [0, 0.1) is 6.92 Å². The first-order valence-electron chi connectivity index (χ1n) is 7.91. The van der Waals surface area contributed by atoms with E-state index in [-0.39, 0.29) is 6.03 Å². The number of pyridine rings is 1. The average Bonchev–Trinajstić information content (AvgIpc) is 2.41. The molecule has 124 valence electrons. The number of hydrogen-bond acceptors (Lipinski definition) is 3. The second-order valence-corrected chi connectivity index (χ2v) is 6.45. The number of urea groups is 1. The normalized spacial score (nSPS) is 11.4. The number of nitrogens with zero attached hydrogens (tertiary/aromatic N) is 4. The van der Waals surface area contributed by atoms with Crippen molar-refractivity contribution >= 4 is 11.8 Å². The predicted molar refractivity (Wildman–Crippen MR) is 92.4 cm³/mol. The molecule has 1 rings (SSSR count). The molecule has 0 fully saturated rings. The van der Waals surface area contributed by atoms with E-state index in [4.69, 9.17) is 0 Å². The molecule has 22 heavy (non-hydrogen) atoms. The van der Waals surface area contributed by atoms with Crippen molar-refractivity contribution in [2.24, 2.45) is 0 Å². The van der Waals surface area contributed by atoms with Crippen molar-refractivity contribution in [2.45, 2.75) is 46.7 Å². The highest BCUT2D eigenvalue weighted by molar-refractivity contribution is 5.90. The van der Waals surface area contributed by atoms with Crippen LogP contribution in [0.15, 0.2) is 18.3 Å². The molecule has 0 atom stereocenters. The monoisotopic (exact) mass is 306 g/mol. The lowest BCUT2D eigenvalue weighted by Gasteiger charge is -2.33. The van der Waals surface area contributed by atoms with Crippen molar-refractivity contribution < 1.29 is 4.79 Å². The minimum absolute atomic E-state index is 0.0365. The molecule has 0 aliphatic heterocycles. The van der Waals surface area contributed by atoms with Gasteiger partial charge >= 0.3 is 6.03 Å². The van der Waals surface area contributed by atoms with Crippen LogP contribution in [0.5, 0.6) is 0 Å². The van der Waals surface area contributed by atoms with E-state index < -0.39 is 0 Å². The smallest absolute Gasteiger partial charge is 0.325 e. The van der Waals surface area contributed by atoms with Crippen molar-refractivity contribution in [3.05, 3.63) is 23.9 Å². The van der Waals surface area contributed by atoms with Crippen LogP contribution in [0.3, 0.4) is 0 Å². The summed E-state index contributed by atoms with van der Waals surface area (Å²) in [5, 5.41) is 0. The van der Waals surface area contributed by atoms with Crippen LogP contribution in [0.25, 0.3) is 0 Å². The summed E-state index contributed by atoms with van der Waals surface area (Å²) in [6.45, 7) is 12.2. The van der Waals surface area contributed by atoms with Crippen LogP contribution < -0.4 is 4.90 Å². The molecule has 0 unspecified atom stereocenters. The Morgan fingerprint density at radius 1 is 1.14 bits per heavy atom. The molecule has 5 heteroatoms. The summed E-state index contributed by atoms with van der Waals surface area (Å²) >= 11 is 0. The molecule has 2 amide bonds. The Morgan fingerprint density at radius 3 is 2.18 bits per heavy atom. The number of carbonyl (C=O) groups is 1. The fraction of sp³-hybridized carbons (Fsp3) is 0.647. The van der Waals surface area contributed by atoms with Gasteiger partial charge in [-0.3, -0.25) is 9.80 Å². The lowest BCUT2D eigenvalue weighted by atomic mass is 10.2. The van der Waals surface area contributed by atoms with Gasteiger partial charge in [0.05, 0.1) is 0 Å². The topological polar surface area (TPSA) is 39.7 Å². The number of aromatic nitrogens is 1. The first-order chi connectivity index (χ1) is 10.2. The second-order valence-electron chi connectivity index (χ2n) is 6.45. The second kappa shape index (κ2) is 8.13. The maximum Gasteiger partial charge on any atom is 0.325 e. The number of hydrogen-bond donors (Lipinski definition) is 0. The standard InChI is InChI=1S/C17H30N4O/c1-13(2)20(14(3)4)10-11-21(17(22)19(6)7)16-12-15(5)8-9-18-16/h8-9,12-14H,10-11H2,1-7H3. The molecule has 0 radical (unpaired) electrons. The van der Waals surface area contributed by atoms with E-state index in [1.165, 1.54) is 0 Å². The van der Waals surface area contributed by atoms with Gasteiger partial charge in [0.25, 0.3) is 0 Å². The molecule has 0 saturated carbocycles. The van der Waals surface area contributed by atoms with Gasteiger partial charge in [-0.15, -0.1) is 0 Å². The van der Waals surface area contributed by atoms with E-state index in [1.807, 2.05) is 19.1 Å². The molecule has 0 aliphatic rings. The van der Waals surface area contributed by atoms with Gasteiger partial charge in [-0.05, 0) is 52.3 Å². The Morgan fingerprint density at radius 2 is 1.73 bits per heavy atom. The minimum atomic E-state index is -0.0365. The highest BCUT2D eigenvalue weighted by Gasteiger charge is 2.21. The zero-order valence-electron chi connectivity index (χ0n) is 15.0. The van der Waals surface area contributed by atoms with Crippen molar-refractivity contribution in [3.8, 4) is 0 Å². The van der Waals surface area contributed by atoms with Gasteiger partial charge in [-0.1, -0.05) is 0 Å². The maximum atomic E-state index is 12.5. The predicted octanol–water partition coefficient (Wildman–Crippen LogP) is 3.00. The first-order valence-corrected chi connectivity index (χ1v) is 7.91. The highest BCUT2D eigenvalue weighted by atomic mass is 16.2. The Kier molecular flexibility index (Phi) is 6.81. The molecule has 1 heterocycles. The fourth-order valence-electron chi connectivity index (χ4n) is 2.55. The van der Waals surface area contributed by atoms with Crippen LogP contribution in [0.1, 0.15) is 33.3 Å².